The molecule has 1 unspecified atom stereocenters. The zero-order valence-corrected chi connectivity index (χ0v) is 25.7. The smallest absolute Gasteiger partial charge is 0.317 e. The number of hydrogen-bond donors (Lipinski definition) is 1. The van der Waals surface area contributed by atoms with Gasteiger partial charge in [0.2, 0.25) is 0 Å². The summed E-state index contributed by atoms with van der Waals surface area (Å²) in [7, 11) is 0. The number of carbonyl (C=O) groups excluding carboxylic acids is 2. The van der Waals surface area contributed by atoms with Crippen molar-refractivity contribution in [2.45, 2.75) is 49.7 Å². The second-order valence-electron chi connectivity index (χ2n) is 12.7. The van der Waals surface area contributed by atoms with Crippen molar-refractivity contribution < 1.29 is 23.1 Å². The molecule has 3 heterocycles. The topological polar surface area (TPSA) is 65.1 Å². The minimum atomic E-state index is -0.986. The Morgan fingerprint density at radius 2 is 1.49 bits per heavy atom. The van der Waals surface area contributed by atoms with Gasteiger partial charge in [0.15, 0.2) is 11.6 Å². The third-order valence-corrected chi connectivity index (χ3v) is 9.74. The fourth-order valence-electron chi connectivity index (χ4n) is 7.07. The van der Waals surface area contributed by atoms with Crippen molar-refractivity contribution in [3.63, 3.8) is 0 Å². The lowest BCUT2D eigenvalue weighted by Crippen LogP contribution is -2.59. The normalized spacial score (nSPS) is 21.9. The number of piperidine rings is 1. The van der Waals surface area contributed by atoms with Crippen LogP contribution in [0.5, 0.6) is 0 Å². The minimum Gasteiger partial charge on any atom is -0.367 e. The van der Waals surface area contributed by atoms with Crippen LogP contribution in [0, 0.1) is 11.6 Å². The van der Waals surface area contributed by atoms with Crippen LogP contribution in [0.15, 0.2) is 78.9 Å². The molecule has 0 saturated carbocycles. The fraction of sp³-hybridized carbons (Fsp3) is 0.444. The van der Waals surface area contributed by atoms with Crippen LogP contribution < -0.4 is 5.32 Å². The molecule has 3 amide bonds. The van der Waals surface area contributed by atoms with Crippen LogP contribution in [0.3, 0.4) is 0 Å². The Labute approximate surface area is 264 Å². The number of nitrogens with zero attached hydrogens (tertiary/aromatic N) is 3. The average molecular weight is 617 g/mol. The molecule has 0 aromatic heterocycles. The second-order valence-corrected chi connectivity index (χ2v) is 12.7. The molecule has 3 saturated heterocycles. The minimum absolute atomic E-state index is 0.0213. The van der Waals surface area contributed by atoms with Crippen molar-refractivity contribution in [1.29, 1.82) is 0 Å². The lowest BCUT2D eigenvalue weighted by atomic mass is 9.81. The van der Waals surface area contributed by atoms with E-state index in [1.54, 1.807) is 23.1 Å². The summed E-state index contributed by atoms with van der Waals surface area (Å²) >= 11 is 0. The highest BCUT2D eigenvalue weighted by atomic mass is 19.2. The van der Waals surface area contributed by atoms with E-state index in [0.717, 1.165) is 64.3 Å². The van der Waals surface area contributed by atoms with Crippen LogP contribution in [0.2, 0.25) is 0 Å². The molecule has 0 spiro atoms. The molecule has 45 heavy (non-hydrogen) atoms. The van der Waals surface area contributed by atoms with Crippen molar-refractivity contribution in [2.75, 3.05) is 52.4 Å². The van der Waals surface area contributed by atoms with E-state index < -0.39 is 17.2 Å². The first-order valence-electron chi connectivity index (χ1n) is 16.1. The molecule has 9 heteroatoms. The Hall–Kier alpha value is -3.82. The highest BCUT2D eigenvalue weighted by molar-refractivity contribution is 5.94. The summed E-state index contributed by atoms with van der Waals surface area (Å²) in [5.74, 6) is -1.95. The molecule has 0 bridgehead atoms. The Morgan fingerprint density at radius 1 is 0.800 bits per heavy atom. The van der Waals surface area contributed by atoms with E-state index in [9.17, 15) is 18.4 Å². The van der Waals surface area contributed by atoms with Crippen LogP contribution in [0.25, 0.3) is 0 Å². The summed E-state index contributed by atoms with van der Waals surface area (Å²) in [6.07, 6.45) is 4.94. The van der Waals surface area contributed by atoms with Crippen molar-refractivity contribution in [2.24, 2.45) is 0 Å². The van der Waals surface area contributed by atoms with Gasteiger partial charge in [-0.2, -0.15) is 0 Å². The number of urea groups is 1. The quantitative estimate of drug-likeness (QED) is 0.358. The predicted octanol–water partition coefficient (Wildman–Crippen LogP) is 5.61. The van der Waals surface area contributed by atoms with Crippen LogP contribution in [-0.4, -0.2) is 84.6 Å². The summed E-state index contributed by atoms with van der Waals surface area (Å²) in [5.41, 5.74) is 0.972. The third-order valence-electron chi connectivity index (χ3n) is 9.74. The van der Waals surface area contributed by atoms with Gasteiger partial charge in [-0.05, 0) is 73.9 Å². The number of rotatable bonds is 8. The van der Waals surface area contributed by atoms with Crippen LogP contribution >= 0.6 is 0 Å². The van der Waals surface area contributed by atoms with Gasteiger partial charge >= 0.3 is 6.03 Å². The van der Waals surface area contributed by atoms with Crippen LogP contribution in [0.1, 0.15) is 53.6 Å². The van der Waals surface area contributed by atoms with Crippen molar-refractivity contribution in [3.8, 4) is 0 Å². The molecule has 0 radical (unpaired) electrons. The number of amides is 3. The Balaban J connectivity index is 1.17. The maximum atomic E-state index is 14.5. The van der Waals surface area contributed by atoms with E-state index >= 15 is 0 Å². The molecule has 3 fully saturated rings. The molecule has 7 nitrogen and oxygen atoms in total. The molecular weight excluding hydrogens is 574 g/mol. The highest BCUT2D eigenvalue weighted by Gasteiger charge is 2.42. The largest absolute Gasteiger partial charge is 0.367 e. The maximum absolute atomic E-state index is 14.5. The maximum Gasteiger partial charge on any atom is 0.317 e. The zero-order chi connectivity index (χ0) is 31.3. The number of halogens is 2. The van der Waals surface area contributed by atoms with Gasteiger partial charge in [0.1, 0.15) is 5.60 Å². The van der Waals surface area contributed by atoms with E-state index in [1.165, 1.54) is 11.6 Å². The van der Waals surface area contributed by atoms with Gasteiger partial charge in [0, 0.05) is 50.4 Å². The van der Waals surface area contributed by atoms with Crippen molar-refractivity contribution >= 4 is 11.9 Å². The Kier molecular flexibility index (Phi) is 9.47. The van der Waals surface area contributed by atoms with Gasteiger partial charge in [0.25, 0.3) is 5.91 Å². The Bertz CT molecular complexity index is 1460. The van der Waals surface area contributed by atoms with Gasteiger partial charge < -0.3 is 24.8 Å². The van der Waals surface area contributed by atoms with Gasteiger partial charge in [-0.1, -0.05) is 54.6 Å². The van der Waals surface area contributed by atoms with Crippen molar-refractivity contribution in [3.05, 3.63) is 107 Å². The summed E-state index contributed by atoms with van der Waals surface area (Å²) in [6.45, 7) is 4.74. The summed E-state index contributed by atoms with van der Waals surface area (Å²) in [6, 6.07) is 23.4. The fourth-order valence-corrected chi connectivity index (χ4v) is 7.07. The average Bonchev–Trinajstić information content (AvgIpc) is 3.62. The van der Waals surface area contributed by atoms with Crippen molar-refractivity contribution in [1.82, 2.24) is 20.0 Å². The summed E-state index contributed by atoms with van der Waals surface area (Å²) in [5, 5.41) is 3.44. The number of likely N-dealkylation sites (tertiary alicyclic amines) is 2. The lowest BCUT2D eigenvalue weighted by Gasteiger charge is -2.46. The highest BCUT2D eigenvalue weighted by Crippen LogP contribution is 2.36. The molecule has 3 aliphatic rings. The van der Waals surface area contributed by atoms with E-state index in [0.29, 0.717) is 37.2 Å². The number of benzene rings is 3. The first-order chi connectivity index (χ1) is 21.8. The lowest BCUT2D eigenvalue weighted by molar-refractivity contribution is -0.114. The first kappa shape index (κ1) is 31.2. The second kappa shape index (κ2) is 13.7. The SMILES string of the molecule is O=C(NC1(Cc2ccccc2)CCN(CCC2(c3ccc(F)c(F)c3)CN(C(=O)c3ccccc3)CCO2)CC1)N1CCCC1. The first-order valence-corrected chi connectivity index (χ1v) is 16.1. The van der Waals surface area contributed by atoms with Gasteiger partial charge in [-0.25, -0.2) is 13.6 Å². The summed E-state index contributed by atoms with van der Waals surface area (Å²) in [4.78, 5) is 32.7. The number of nitrogens with one attached hydrogen (secondary N) is 1. The number of morpholine rings is 1. The number of carbonyl (C=O) groups is 2. The summed E-state index contributed by atoms with van der Waals surface area (Å²) < 4.78 is 34.9. The van der Waals surface area contributed by atoms with E-state index in [-0.39, 0.29) is 24.0 Å². The van der Waals surface area contributed by atoms with Crippen LogP contribution in [0.4, 0.5) is 13.6 Å². The van der Waals surface area contributed by atoms with E-state index in [2.05, 4.69) is 22.3 Å². The molecule has 6 rings (SSSR count). The molecule has 1 N–H and O–H groups in total. The Morgan fingerprint density at radius 3 is 2.18 bits per heavy atom. The zero-order valence-electron chi connectivity index (χ0n) is 25.7. The van der Waals surface area contributed by atoms with Gasteiger partial charge in [-0.15, -0.1) is 0 Å². The standard InChI is InChI=1S/C36H42F2N4O3/c37-31-14-13-30(25-32(31)38)36(27-42(23-24-45-36)33(43)29-11-5-2-6-12-29)17-22-40-20-15-35(16-21-40,26-28-9-3-1-4-10-28)39-34(44)41-18-7-8-19-41/h1-6,9-14,25H,7-8,15-24,26-27H2,(H,39,44). The molecule has 1 atom stereocenters. The molecule has 238 valence electrons. The van der Waals surface area contributed by atoms with E-state index in [1.807, 2.05) is 41.3 Å². The molecule has 0 aliphatic carbocycles. The predicted molar refractivity (Wildman–Crippen MR) is 169 cm³/mol. The third kappa shape index (κ3) is 7.20. The molecule has 3 aromatic carbocycles. The monoisotopic (exact) mass is 616 g/mol. The van der Waals surface area contributed by atoms with Gasteiger partial charge in [-0.3, -0.25) is 4.79 Å². The van der Waals surface area contributed by atoms with Crippen LogP contribution in [-0.2, 0) is 16.8 Å². The van der Waals surface area contributed by atoms with Gasteiger partial charge in [0.05, 0.1) is 13.2 Å². The molecule has 3 aliphatic heterocycles. The number of ether oxygens (including phenoxy) is 1. The van der Waals surface area contributed by atoms with E-state index in [4.69, 9.17) is 4.74 Å². The molecule has 3 aromatic rings. The number of hydrogen-bond acceptors (Lipinski definition) is 4. The molecular formula is C36H42F2N4O3.